The van der Waals surface area contributed by atoms with Gasteiger partial charge in [-0.25, -0.2) is 9.98 Å². The zero-order valence-corrected chi connectivity index (χ0v) is 24.1. The molecule has 5 nitrogen and oxygen atoms in total. The molecular weight excluding hydrogens is 514 g/mol. The molecule has 0 bridgehead atoms. The van der Waals surface area contributed by atoms with E-state index >= 15 is 0 Å². The first-order valence-corrected chi connectivity index (χ1v) is 14.6. The number of benzene rings is 2. The Kier molecular flexibility index (Phi) is 8.00. The fourth-order valence-corrected chi connectivity index (χ4v) is 5.86. The lowest BCUT2D eigenvalue weighted by Gasteiger charge is -2.16. The highest BCUT2D eigenvalue weighted by atomic mass is 15.0. The Hall–Kier alpha value is -4.90. The molecule has 0 saturated heterocycles. The number of allylic oxidation sites excluding steroid dienone is 7. The summed E-state index contributed by atoms with van der Waals surface area (Å²) in [5.74, 6) is 1.23. The highest BCUT2D eigenvalue weighted by Crippen LogP contribution is 2.38. The molecule has 0 spiro atoms. The summed E-state index contributed by atoms with van der Waals surface area (Å²) in [4.78, 5) is 18.7. The monoisotopic (exact) mass is 549 g/mol. The van der Waals surface area contributed by atoms with E-state index in [4.69, 9.17) is 9.98 Å². The molecule has 5 heteroatoms. The largest absolute Gasteiger partial charge is 0.313 e. The van der Waals surface area contributed by atoms with Crippen LogP contribution in [0.1, 0.15) is 48.1 Å². The van der Waals surface area contributed by atoms with E-state index in [2.05, 4.69) is 132 Å². The van der Waals surface area contributed by atoms with Crippen LogP contribution in [-0.2, 0) is 6.42 Å². The molecule has 1 heterocycles. The summed E-state index contributed by atoms with van der Waals surface area (Å²) in [6, 6.07) is 12.8. The second kappa shape index (κ2) is 12.3. The van der Waals surface area contributed by atoms with Crippen molar-refractivity contribution in [1.82, 2.24) is 4.57 Å². The molecule has 0 amide bonds. The van der Waals surface area contributed by atoms with Crippen LogP contribution in [-0.4, -0.2) is 36.2 Å². The van der Waals surface area contributed by atoms with Crippen LogP contribution in [0.4, 0.5) is 5.69 Å². The first-order valence-electron chi connectivity index (χ1n) is 14.6. The molecule has 0 atom stereocenters. The molecule has 0 fully saturated rings. The second-order valence-corrected chi connectivity index (χ2v) is 10.6. The van der Waals surface area contributed by atoms with Gasteiger partial charge in [0, 0.05) is 33.5 Å². The van der Waals surface area contributed by atoms with E-state index in [0.29, 0.717) is 18.2 Å². The van der Waals surface area contributed by atoms with Gasteiger partial charge in [-0.15, -0.1) is 0 Å². The summed E-state index contributed by atoms with van der Waals surface area (Å²) in [7, 11) is 0. The van der Waals surface area contributed by atoms with Gasteiger partial charge in [0.15, 0.2) is 11.7 Å². The summed E-state index contributed by atoms with van der Waals surface area (Å²) in [6.45, 7) is 10.3. The van der Waals surface area contributed by atoms with Gasteiger partial charge in [-0.1, -0.05) is 79.0 Å². The summed E-state index contributed by atoms with van der Waals surface area (Å²) < 4.78 is 2.39. The van der Waals surface area contributed by atoms with Crippen LogP contribution in [0, 0.1) is 6.92 Å². The fraction of sp³-hybridized carbons (Fsp3) is 0.189. The Morgan fingerprint density at radius 1 is 0.929 bits per heavy atom. The maximum absolute atomic E-state index is 5.05. The van der Waals surface area contributed by atoms with Crippen LogP contribution in [0.5, 0.6) is 0 Å². The van der Waals surface area contributed by atoms with Crippen molar-refractivity contribution in [3.05, 3.63) is 125 Å². The Morgan fingerprint density at radius 2 is 1.83 bits per heavy atom. The molecule has 0 radical (unpaired) electrons. The van der Waals surface area contributed by atoms with Gasteiger partial charge in [-0.05, 0) is 81.8 Å². The van der Waals surface area contributed by atoms with Gasteiger partial charge in [-0.3, -0.25) is 9.98 Å². The quantitative estimate of drug-likeness (QED) is 0.218. The third-order valence-corrected chi connectivity index (χ3v) is 7.94. The molecule has 6 rings (SSSR count). The lowest BCUT2D eigenvalue weighted by molar-refractivity contribution is 0.887. The number of amidine groups is 2. The number of nitrogens with zero attached hydrogens (tertiary/aromatic N) is 5. The third-order valence-electron chi connectivity index (χ3n) is 7.94. The maximum atomic E-state index is 5.05. The topological polar surface area (TPSA) is 54.4 Å². The summed E-state index contributed by atoms with van der Waals surface area (Å²) in [6.07, 6.45) is 26.5. The number of rotatable bonds is 6. The number of fused-ring (bicyclic) bond motifs is 3. The van der Waals surface area contributed by atoms with Gasteiger partial charge in [0.05, 0.1) is 17.7 Å². The predicted molar refractivity (Wildman–Crippen MR) is 180 cm³/mol. The van der Waals surface area contributed by atoms with Crippen molar-refractivity contribution in [1.29, 1.82) is 0 Å². The van der Waals surface area contributed by atoms with E-state index in [1.54, 1.807) is 0 Å². The van der Waals surface area contributed by atoms with E-state index in [1.165, 1.54) is 22.2 Å². The van der Waals surface area contributed by atoms with Crippen molar-refractivity contribution in [3.8, 4) is 5.69 Å². The lowest BCUT2D eigenvalue weighted by atomic mass is 10.0. The standard InChI is InChI=1S/C37H35N5/c1-26-33(38-2)23-22-32-31-20-11-12-21-34(31)42(35(26)32)30-19-13-18-29(24-30)37(40-25-27-14-7-4-5-8-15-27)41-36(39-3)28-16-9-6-10-17-28/h4,7-9,11,13-20,22-24H,2-3,5-6,10,12,21,25H2,1H3. The zero-order valence-electron chi connectivity index (χ0n) is 24.1. The molecule has 42 heavy (non-hydrogen) atoms. The molecule has 0 saturated carbocycles. The van der Waals surface area contributed by atoms with Crippen molar-refractivity contribution in [2.24, 2.45) is 20.0 Å². The minimum atomic E-state index is 0.517. The van der Waals surface area contributed by atoms with Gasteiger partial charge in [0.1, 0.15) is 0 Å². The molecule has 0 unspecified atom stereocenters. The summed E-state index contributed by atoms with van der Waals surface area (Å²) >= 11 is 0. The van der Waals surface area contributed by atoms with Crippen LogP contribution in [0.3, 0.4) is 0 Å². The van der Waals surface area contributed by atoms with Crippen LogP contribution in [0.25, 0.3) is 22.7 Å². The van der Waals surface area contributed by atoms with Gasteiger partial charge in [0.25, 0.3) is 0 Å². The van der Waals surface area contributed by atoms with Gasteiger partial charge in [0.2, 0.25) is 0 Å². The fourth-order valence-electron chi connectivity index (χ4n) is 5.86. The van der Waals surface area contributed by atoms with Gasteiger partial charge >= 0.3 is 0 Å². The molecule has 3 aliphatic rings. The van der Waals surface area contributed by atoms with Crippen molar-refractivity contribution >= 4 is 47.8 Å². The Labute approximate surface area is 247 Å². The number of hydrogen-bond acceptors (Lipinski definition) is 2. The van der Waals surface area contributed by atoms with Crippen molar-refractivity contribution in [2.75, 3.05) is 6.54 Å². The van der Waals surface area contributed by atoms with Crippen LogP contribution >= 0.6 is 0 Å². The van der Waals surface area contributed by atoms with E-state index in [1.807, 2.05) is 0 Å². The summed E-state index contributed by atoms with van der Waals surface area (Å²) in [5, 5.41) is 1.23. The highest BCUT2D eigenvalue weighted by Gasteiger charge is 2.21. The molecular formula is C37H35N5. The average Bonchev–Trinajstić information content (AvgIpc) is 3.16. The molecule has 3 aromatic rings. The number of aryl methyl sites for hydroxylation is 1. The number of aromatic nitrogens is 1. The molecule has 3 aliphatic carbocycles. The van der Waals surface area contributed by atoms with E-state index in [0.717, 1.165) is 65.8 Å². The average molecular weight is 550 g/mol. The predicted octanol–water partition coefficient (Wildman–Crippen LogP) is 8.80. The summed E-state index contributed by atoms with van der Waals surface area (Å²) in [5.41, 5.74) is 9.90. The van der Waals surface area contributed by atoms with Gasteiger partial charge < -0.3 is 4.57 Å². The van der Waals surface area contributed by atoms with E-state index < -0.39 is 0 Å². The minimum absolute atomic E-state index is 0.517. The lowest BCUT2D eigenvalue weighted by Crippen LogP contribution is -2.09. The van der Waals surface area contributed by atoms with Crippen LogP contribution in [0.2, 0.25) is 0 Å². The molecule has 2 aromatic carbocycles. The van der Waals surface area contributed by atoms with Crippen LogP contribution in [0.15, 0.2) is 122 Å². The Morgan fingerprint density at radius 3 is 2.67 bits per heavy atom. The third kappa shape index (κ3) is 5.38. The SMILES string of the molecule is C=NC(=NC(=NCC1=CC=CCC=C1)c1cccc(-n2c3c(c4ccc(N=C)c(C)c42)C=CCC3)c1)C1=CCCC=C1. The zero-order chi connectivity index (χ0) is 28.9. The number of hydrogen-bond donors (Lipinski definition) is 0. The first kappa shape index (κ1) is 27.3. The molecule has 0 N–H and O–H groups in total. The number of aliphatic imine (C=N–C) groups is 4. The highest BCUT2D eigenvalue weighted by molar-refractivity contribution is 6.14. The van der Waals surface area contributed by atoms with E-state index in [9.17, 15) is 0 Å². The molecule has 0 aliphatic heterocycles. The smallest absolute Gasteiger partial charge is 0.160 e. The molecule has 1 aromatic heterocycles. The Balaban J connectivity index is 1.51. The normalized spacial score (nSPS) is 16.7. The minimum Gasteiger partial charge on any atom is -0.313 e. The van der Waals surface area contributed by atoms with Crippen molar-refractivity contribution in [3.63, 3.8) is 0 Å². The van der Waals surface area contributed by atoms with Gasteiger partial charge in [-0.2, -0.15) is 0 Å². The maximum Gasteiger partial charge on any atom is 0.160 e. The van der Waals surface area contributed by atoms with Crippen LogP contribution < -0.4 is 0 Å². The second-order valence-electron chi connectivity index (χ2n) is 10.6. The molecule has 208 valence electrons. The van der Waals surface area contributed by atoms with Crippen molar-refractivity contribution < 1.29 is 0 Å². The Bertz CT molecular complexity index is 1810. The first-order chi connectivity index (χ1) is 20.7. The van der Waals surface area contributed by atoms with Crippen molar-refractivity contribution in [2.45, 2.75) is 39.0 Å². The van der Waals surface area contributed by atoms with E-state index in [-0.39, 0.29) is 0 Å².